The molecule has 18 heavy (non-hydrogen) atoms. The van der Waals surface area contributed by atoms with Crippen molar-refractivity contribution in [3.05, 3.63) is 60.2 Å². The summed E-state index contributed by atoms with van der Waals surface area (Å²) in [5.74, 6) is 0.648. The van der Waals surface area contributed by atoms with Gasteiger partial charge in [0, 0.05) is 5.56 Å². The molecule has 0 aliphatic carbocycles. The van der Waals surface area contributed by atoms with Crippen LogP contribution in [0.15, 0.2) is 53.5 Å². The molecular formula is C16H13NO. The second kappa shape index (κ2) is 4.15. The van der Waals surface area contributed by atoms with Gasteiger partial charge in [-0.2, -0.15) is 0 Å². The van der Waals surface area contributed by atoms with Crippen molar-refractivity contribution in [1.29, 1.82) is 0 Å². The Balaban J connectivity index is 2.26. The first-order valence-corrected chi connectivity index (χ1v) is 5.87. The molecule has 88 valence electrons. The maximum atomic E-state index is 5.79. The average Bonchev–Trinajstić information content (AvgIpc) is 2.82. The number of aromatic nitrogens is 1. The Hall–Kier alpha value is -2.35. The van der Waals surface area contributed by atoms with Gasteiger partial charge in [-0.25, -0.2) is 4.98 Å². The zero-order valence-corrected chi connectivity index (χ0v) is 10.2. The SMILES string of the molecule is C=Cc1c(C)cccc1-c1nc2ccccc2o1. The van der Waals surface area contributed by atoms with E-state index in [0.29, 0.717) is 5.89 Å². The number of rotatable bonds is 2. The van der Waals surface area contributed by atoms with E-state index in [1.807, 2.05) is 42.5 Å². The second-order valence-corrected chi connectivity index (χ2v) is 4.23. The van der Waals surface area contributed by atoms with Gasteiger partial charge in [0.15, 0.2) is 5.58 Å². The van der Waals surface area contributed by atoms with E-state index in [0.717, 1.165) is 22.2 Å². The highest BCUT2D eigenvalue weighted by Crippen LogP contribution is 2.29. The van der Waals surface area contributed by atoms with Gasteiger partial charge in [-0.15, -0.1) is 0 Å². The van der Waals surface area contributed by atoms with Crippen molar-refractivity contribution in [2.75, 3.05) is 0 Å². The third kappa shape index (κ3) is 1.63. The fraction of sp³-hybridized carbons (Fsp3) is 0.0625. The standard InChI is InChI=1S/C16H13NO/c1-3-12-11(2)7-6-8-13(12)16-17-14-9-4-5-10-15(14)18-16/h3-10H,1H2,2H3. The van der Waals surface area contributed by atoms with Gasteiger partial charge in [-0.1, -0.05) is 36.9 Å². The van der Waals surface area contributed by atoms with Crippen LogP contribution in [0.2, 0.25) is 0 Å². The van der Waals surface area contributed by atoms with Crippen LogP contribution in [-0.2, 0) is 0 Å². The third-order valence-electron chi connectivity index (χ3n) is 3.05. The van der Waals surface area contributed by atoms with Crippen molar-refractivity contribution in [2.45, 2.75) is 6.92 Å². The third-order valence-corrected chi connectivity index (χ3v) is 3.05. The second-order valence-electron chi connectivity index (χ2n) is 4.23. The Bertz CT molecular complexity index is 692. The summed E-state index contributed by atoms with van der Waals surface area (Å²) in [5.41, 5.74) is 4.92. The van der Waals surface area contributed by atoms with Gasteiger partial charge in [0.2, 0.25) is 5.89 Å². The quantitative estimate of drug-likeness (QED) is 0.656. The van der Waals surface area contributed by atoms with Crippen LogP contribution in [0.4, 0.5) is 0 Å². The minimum absolute atomic E-state index is 0.648. The Morgan fingerprint density at radius 1 is 1.11 bits per heavy atom. The van der Waals surface area contributed by atoms with Crippen molar-refractivity contribution in [3.8, 4) is 11.5 Å². The van der Waals surface area contributed by atoms with Gasteiger partial charge in [0.05, 0.1) is 0 Å². The first kappa shape index (κ1) is 10.8. The van der Waals surface area contributed by atoms with E-state index in [9.17, 15) is 0 Å². The average molecular weight is 235 g/mol. The molecule has 0 saturated heterocycles. The zero-order valence-electron chi connectivity index (χ0n) is 10.2. The molecule has 1 aromatic heterocycles. The zero-order chi connectivity index (χ0) is 12.5. The monoisotopic (exact) mass is 235 g/mol. The highest BCUT2D eigenvalue weighted by molar-refractivity contribution is 5.79. The fourth-order valence-corrected chi connectivity index (χ4v) is 2.13. The molecule has 0 saturated carbocycles. The minimum Gasteiger partial charge on any atom is -0.436 e. The smallest absolute Gasteiger partial charge is 0.227 e. The van der Waals surface area contributed by atoms with Crippen molar-refractivity contribution < 1.29 is 4.42 Å². The van der Waals surface area contributed by atoms with Crippen molar-refractivity contribution in [2.24, 2.45) is 0 Å². The van der Waals surface area contributed by atoms with E-state index < -0.39 is 0 Å². The Morgan fingerprint density at radius 2 is 1.94 bits per heavy atom. The summed E-state index contributed by atoms with van der Waals surface area (Å²) >= 11 is 0. The molecule has 0 atom stereocenters. The molecule has 0 N–H and O–H groups in total. The lowest BCUT2D eigenvalue weighted by atomic mass is 10.0. The van der Waals surface area contributed by atoms with Crippen LogP contribution in [0.1, 0.15) is 11.1 Å². The minimum atomic E-state index is 0.648. The van der Waals surface area contributed by atoms with E-state index in [1.54, 1.807) is 0 Å². The number of hydrogen-bond acceptors (Lipinski definition) is 2. The number of nitrogens with zero attached hydrogens (tertiary/aromatic N) is 1. The summed E-state index contributed by atoms with van der Waals surface area (Å²) in [7, 11) is 0. The molecule has 1 heterocycles. The summed E-state index contributed by atoms with van der Waals surface area (Å²) in [6.45, 7) is 5.92. The van der Waals surface area contributed by atoms with Gasteiger partial charge >= 0.3 is 0 Å². The molecule has 2 nitrogen and oxygen atoms in total. The fourth-order valence-electron chi connectivity index (χ4n) is 2.13. The highest BCUT2D eigenvalue weighted by atomic mass is 16.3. The van der Waals surface area contributed by atoms with Gasteiger partial charge in [0.1, 0.15) is 5.52 Å². The lowest BCUT2D eigenvalue weighted by Crippen LogP contribution is -1.86. The Kier molecular flexibility index (Phi) is 2.49. The number of aryl methyl sites for hydroxylation is 1. The number of fused-ring (bicyclic) bond motifs is 1. The number of hydrogen-bond donors (Lipinski definition) is 0. The molecule has 2 heteroatoms. The van der Waals surface area contributed by atoms with E-state index in [1.165, 1.54) is 5.56 Å². The molecule has 0 spiro atoms. The first-order chi connectivity index (χ1) is 8.79. The number of oxazole rings is 1. The molecule has 3 aromatic rings. The summed E-state index contributed by atoms with van der Waals surface area (Å²) < 4.78 is 5.79. The number of benzene rings is 2. The summed E-state index contributed by atoms with van der Waals surface area (Å²) in [4.78, 5) is 4.52. The topological polar surface area (TPSA) is 26.0 Å². The van der Waals surface area contributed by atoms with Crippen LogP contribution in [0, 0.1) is 6.92 Å². The largest absolute Gasteiger partial charge is 0.436 e. The molecular weight excluding hydrogens is 222 g/mol. The van der Waals surface area contributed by atoms with Gasteiger partial charge < -0.3 is 4.42 Å². The van der Waals surface area contributed by atoms with Gasteiger partial charge in [-0.05, 0) is 36.2 Å². The molecule has 0 bridgehead atoms. The molecule has 3 rings (SSSR count). The van der Waals surface area contributed by atoms with Crippen molar-refractivity contribution >= 4 is 17.2 Å². The lowest BCUT2D eigenvalue weighted by Gasteiger charge is -2.04. The lowest BCUT2D eigenvalue weighted by molar-refractivity contribution is 0.619. The van der Waals surface area contributed by atoms with E-state index in [-0.39, 0.29) is 0 Å². The van der Waals surface area contributed by atoms with Gasteiger partial charge in [-0.3, -0.25) is 0 Å². The summed E-state index contributed by atoms with van der Waals surface area (Å²) in [5, 5.41) is 0. The normalized spacial score (nSPS) is 10.7. The molecule has 0 unspecified atom stereocenters. The van der Waals surface area contributed by atoms with Crippen molar-refractivity contribution in [1.82, 2.24) is 4.98 Å². The van der Waals surface area contributed by atoms with Crippen LogP contribution in [0.3, 0.4) is 0 Å². The van der Waals surface area contributed by atoms with Crippen LogP contribution in [0.25, 0.3) is 28.6 Å². The summed E-state index contributed by atoms with van der Waals surface area (Å²) in [6, 6.07) is 13.9. The molecule has 0 amide bonds. The Morgan fingerprint density at radius 3 is 2.72 bits per heavy atom. The maximum absolute atomic E-state index is 5.79. The van der Waals surface area contributed by atoms with Crippen LogP contribution < -0.4 is 0 Å². The molecule has 0 fully saturated rings. The molecule has 0 aliphatic rings. The molecule has 0 radical (unpaired) electrons. The van der Waals surface area contributed by atoms with Gasteiger partial charge in [0.25, 0.3) is 0 Å². The Labute approximate surface area is 106 Å². The highest BCUT2D eigenvalue weighted by Gasteiger charge is 2.11. The first-order valence-electron chi connectivity index (χ1n) is 5.87. The van der Waals surface area contributed by atoms with Crippen LogP contribution >= 0.6 is 0 Å². The van der Waals surface area contributed by atoms with E-state index in [4.69, 9.17) is 4.42 Å². The van der Waals surface area contributed by atoms with Crippen LogP contribution in [-0.4, -0.2) is 4.98 Å². The van der Waals surface area contributed by atoms with Crippen molar-refractivity contribution in [3.63, 3.8) is 0 Å². The van der Waals surface area contributed by atoms with E-state index in [2.05, 4.69) is 24.6 Å². The molecule has 2 aromatic carbocycles. The van der Waals surface area contributed by atoms with E-state index >= 15 is 0 Å². The predicted octanol–water partition coefficient (Wildman–Crippen LogP) is 4.45. The van der Waals surface area contributed by atoms with Crippen LogP contribution in [0.5, 0.6) is 0 Å². The molecule has 0 aliphatic heterocycles. The number of para-hydroxylation sites is 2. The maximum Gasteiger partial charge on any atom is 0.227 e. The summed E-state index contributed by atoms with van der Waals surface area (Å²) in [6.07, 6.45) is 1.85. The predicted molar refractivity (Wildman–Crippen MR) is 74.3 cm³/mol.